The van der Waals surface area contributed by atoms with Crippen molar-refractivity contribution in [2.75, 3.05) is 0 Å². The topological polar surface area (TPSA) is 17.1 Å². The van der Waals surface area contributed by atoms with Crippen LogP contribution in [0, 0.1) is 0 Å². The van der Waals surface area contributed by atoms with Crippen LogP contribution in [-0.4, -0.2) is 26.6 Å². The Kier molecular flexibility index (Phi) is 324. The number of rotatable bonds is 0. The van der Waals surface area contributed by atoms with Crippen LogP contribution < -0.4 is 0 Å². The van der Waals surface area contributed by atoms with E-state index in [9.17, 15) is 0 Å². The van der Waals surface area contributed by atoms with Gasteiger partial charge >= 0.3 is 31.3 Å². The van der Waals surface area contributed by atoms with Crippen molar-refractivity contribution in [2.24, 2.45) is 0 Å². The summed E-state index contributed by atoms with van der Waals surface area (Å²) < 4.78 is 8.00. The van der Waals surface area contributed by atoms with Gasteiger partial charge in [0, 0.05) is 33.3 Å². The summed E-state index contributed by atoms with van der Waals surface area (Å²) >= 11 is 0. The molecule has 31 valence electrons. The Bertz CT molecular complexity index is 11.6. The first-order valence-electron chi connectivity index (χ1n) is 0.289. The summed E-state index contributed by atoms with van der Waals surface area (Å²) in [6, 6.07) is 0. The molecule has 0 unspecified atom stereocenters. The summed E-state index contributed by atoms with van der Waals surface area (Å²) in [7, 11) is 2.00. The second-order valence-corrected chi connectivity index (χ2v) is 0. The molecule has 0 aliphatic heterocycles. The van der Waals surface area contributed by atoms with Gasteiger partial charge in [-0.1, -0.05) is 0 Å². The minimum absolute atomic E-state index is 0. The Labute approximate surface area is 64.4 Å². The van der Waals surface area contributed by atoms with Crippen LogP contribution in [0.5, 0.6) is 0 Å². The molecular weight excluding hydrogens is 151 g/mol. The van der Waals surface area contributed by atoms with Gasteiger partial charge in [-0.05, 0) is 0 Å². The van der Waals surface area contributed by atoms with Crippen LogP contribution in [0.2, 0.25) is 0 Å². The van der Waals surface area contributed by atoms with E-state index in [-0.39, 0.29) is 52.1 Å². The van der Waals surface area contributed by atoms with E-state index >= 15 is 0 Å². The Morgan fingerprint density at radius 1 is 1.20 bits per heavy atom. The van der Waals surface area contributed by atoms with Crippen molar-refractivity contribution in [2.45, 2.75) is 0 Å². The van der Waals surface area contributed by atoms with E-state index in [0.717, 1.165) is 0 Å². The molecule has 0 bridgehead atoms. The first-order valence-corrected chi connectivity index (χ1v) is 0.289. The maximum Gasteiger partial charge on any atom is 0 e. The van der Waals surface area contributed by atoms with Gasteiger partial charge in [0.15, 0.2) is 0 Å². The Morgan fingerprint density at radius 3 is 1.20 bits per heavy atom. The summed E-state index contributed by atoms with van der Waals surface area (Å²) in [4.78, 5) is 0. The van der Waals surface area contributed by atoms with Crippen molar-refractivity contribution in [1.82, 2.24) is 0 Å². The maximum absolute atomic E-state index is 8.00. The molecule has 5 heavy (non-hydrogen) atoms. The van der Waals surface area contributed by atoms with Crippen LogP contribution in [0.1, 0.15) is 0 Å². The minimum atomic E-state index is 0. The largest absolute Gasteiger partial charge is 0 e. The second-order valence-electron chi connectivity index (χ2n) is 0. The van der Waals surface area contributed by atoms with Crippen LogP contribution in [0.3, 0.4) is 0 Å². The maximum atomic E-state index is 8.00. The molecule has 1 radical (unpaired) electrons. The van der Waals surface area contributed by atoms with E-state index in [1.54, 1.807) is 0 Å². The molecule has 0 aromatic heterocycles. The van der Waals surface area contributed by atoms with E-state index < -0.39 is 0 Å². The molecule has 1 nitrogen and oxygen atoms in total. The molecule has 0 aliphatic carbocycles. The summed E-state index contributed by atoms with van der Waals surface area (Å²) in [5.74, 6) is 0. The van der Waals surface area contributed by atoms with Gasteiger partial charge in [-0.3, -0.25) is 0 Å². The fraction of sp³-hybridized carbons (Fsp3) is 0. The fourth-order valence-corrected chi connectivity index (χ4v) is 0. The fourth-order valence-electron chi connectivity index (χ4n) is 0. The van der Waals surface area contributed by atoms with E-state index in [0.29, 0.717) is 0 Å². The van der Waals surface area contributed by atoms with Gasteiger partial charge in [-0.25, -0.2) is 0 Å². The molecule has 0 heterocycles. The molecular formula is H2BCoLiNiO. The van der Waals surface area contributed by atoms with Gasteiger partial charge in [-0.2, -0.15) is 0 Å². The molecule has 5 heteroatoms. The van der Waals surface area contributed by atoms with E-state index in [2.05, 4.69) is 0 Å². The van der Waals surface area contributed by atoms with Crippen molar-refractivity contribution in [3.8, 4) is 0 Å². The molecule has 0 saturated heterocycles. The van der Waals surface area contributed by atoms with Crippen LogP contribution >= 0.6 is 0 Å². The monoisotopic (exact) mass is 153 g/mol. The van der Waals surface area contributed by atoms with Gasteiger partial charge in [0.2, 0.25) is 0 Å². The third-order valence-electron chi connectivity index (χ3n) is 0. The Morgan fingerprint density at radius 2 is 1.20 bits per heavy atom. The summed E-state index contributed by atoms with van der Waals surface area (Å²) in [5, 5.41) is 0. The minimum Gasteiger partial charge on any atom is 0 e. The third kappa shape index (κ3) is 30.6. The predicted molar refractivity (Wildman–Crippen MR) is 15.0 cm³/mol. The van der Waals surface area contributed by atoms with Crippen molar-refractivity contribution in [3.05, 3.63) is 0 Å². The molecule has 0 spiro atoms. The van der Waals surface area contributed by atoms with E-state index in [1.165, 1.54) is 0 Å². The smallest absolute Gasteiger partial charge is 0 e. The normalized spacial score (nSPS) is 0.600. The molecule has 0 aromatic rings. The Hall–Kier alpha value is 1.46. The molecule has 0 atom stereocenters. The summed E-state index contributed by atoms with van der Waals surface area (Å²) in [5.41, 5.74) is 0. The van der Waals surface area contributed by atoms with Crippen molar-refractivity contribution < 1.29 is 38.0 Å². The standard InChI is InChI=1S/BHO.Co.Li.Ni.H/c1-2;;;;/h1H;;;;. The molecule has 0 rings (SSSR count). The zero-order valence-corrected chi connectivity index (χ0v) is 3.79. The quantitative estimate of drug-likeness (QED) is 0.391. The van der Waals surface area contributed by atoms with Crippen LogP contribution in [0.25, 0.3) is 0 Å². The predicted octanol–water partition coefficient (Wildman–Crippen LogP) is -1.42. The first-order chi connectivity index (χ1) is 1.00. The zero-order chi connectivity index (χ0) is 2.00. The molecule has 0 aromatic carbocycles. The Balaban J connectivity index is -0.00000000167. The van der Waals surface area contributed by atoms with Crippen molar-refractivity contribution >= 4 is 26.6 Å². The molecule has 0 aliphatic rings. The third-order valence-corrected chi connectivity index (χ3v) is 0. The molecule has 0 N–H and O–H groups in total. The van der Waals surface area contributed by atoms with E-state index in [1.807, 2.05) is 7.72 Å². The second kappa shape index (κ2) is 50.9. The average Bonchev–Trinajstić information content (AvgIpc) is 1.00. The van der Waals surface area contributed by atoms with Crippen LogP contribution in [-0.2, 0) is 38.0 Å². The van der Waals surface area contributed by atoms with Crippen LogP contribution in [0.4, 0.5) is 0 Å². The summed E-state index contributed by atoms with van der Waals surface area (Å²) in [6.45, 7) is 0. The van der Waals surface area contributed by atoms with Gasteiger partial charge in [0.1, 0.15) is 0 Å². The summed E-state index contributed by atoms with van der Waals surface area (Å²) in [6.07, 6.45) is 0. The SMILES string of the molecule is B=O.[Co].[LiH].[Ni]. The van der Waals surface area contributed by atoms with Crippen molar-refractivity contribution in [3.63, 3.8) is 0 Å². The number of hydrogen-bond donors (Lipinski definition) is 0. The van der Waals surface area contributed by atoms with Crippen LogP contribution in [0.15, 0.2) is 0 Å². The molecule has 0 amide bonds. The molecule has 0 fully saturated rings. The van der Waals surface area contributed by atoms with Gasteiger partial charge in [0.05, 0.1) is 0 Å². The van der Waals surface area contributed by atoms with Gasteiger partial charge in [0.25, 0.3) is 0 Å². The van der Waals surface area contributed by atoms with E-state index in [4.69, 9.17) is 4.70 Å². The van der Waals surface area contributed by atoms with Gasteiger partial charge in [-0.15, -0.1) is 0 Å². The van der Waals surface area contributed by atoms with Gasteiger partial charge < -0.3 is 0 Å². The number of hydrogen-bond acceptors (Lipinski definition) is 1. The first kappa shape index (κ1) is 31.8. The average molecular weight is 153 g/mol. The van der Waals surface area contributed by atoms with Crippen molar-refractivity contribution in [1.29, 1.82) is 0 Å². The zero-order valence-electron chi connectivity index (χ0n) is 1.76. The molecule has 0 saturated carbocycles.